The van der Waals surface area contributed by atoms with Crippen molar-refractivity contribution in [3.8, 4) is 0 Å². The fourth-order valence-corrected chi connectivity index (χ4v) is 2.81. The van der Waals surface area contributed by atoms with Crippen LogP contribution in [0.1, 0.15) is 24.0 Å². The van der Waals surface area contributed by atoms with Crippen LogP contribution in [-0.4, -0.2) is 9.97 Å². The van der Waals surface area contributed by atoms with Gasteiger partial charge in [-0.15, -0.1) is 11.8 Å². The van der Waals surface area contributed by atoms with Crippen molar-refractivity contribution < 1.29 is 0 Å². The smallest absolute Gasteiger partial charge is 0.141 e. The number of halogens is 1. The number of nitrogens with two attached hydrogens (primary N) is 1. The molecule has 2 aromatic rings. The predicted molar refractivity (Wildman–Crippen MR) is 81.6 cm³/mol. The number of benzene rings is 1. The van der Waals surface area contributed by atoms with E-state index in [9.17, 15) is 0 Å². The molecule has 0 unspecified atom stereocenters. The molecule has 0 atom stereocenters. The average Bonchev–Trinajstić information content (AvgIpc) is 2.40. The van der Waals surface area contributed by atoms with E-state index in [4.69, 9.17) is 17.3 Å². The summed E-state index contributed by atoms with van der Waals surface area (Å²) >= 11 is 7.61. The summed E-state index contributed by atoms with van der Waals surface area (Å²) in [6, 6.07) is 7.76. The topological polar surface area (TPSA) is 51.8 Å². The molecule has 2 rings (SSSR count). The van der Waals surface area contributed by atoms with Gasteiger partial charge in [0, 0.05) is 21.2 Å². The van der Waals surface area contributed by atoms with E-state index < -0.39 is 0 Å². The molecule has 0 saturated heterocycles. The van der Waals surface area contributed by atoms with Gasteiger partial charge in [-0.25, -0.2) is 9.97 Å². The van der Waals surface area contributed by atoms with Crippen LogP contribution in [0.5, 0.6) is 0 Å². The van der Waals surface area contributed by atoms with Crippen LogP contribution in [0.25, 0.3) is 0 Å². The standard InChI is InChI=1S/C14H16ClN3S/c1-3-12-9(2)14(16)18-13(17-12)8-19-11-6-4-5-10(15)7-11/h4-7H,3,8H2,1-2H3,(H2,16,17,18). The van der Waals surface area contributed by atoms with E-state index in [1.54, 1.807) is 11.8 Å². The van der Waals surface area contributed by atoms with Crippen molar-refractivity contribution in [1.82, 2.24) is 9.97 Å². The minimum absolute atomic E-state index is 0.577. The first-order valence-electron chi connectivity index (χ1n) is 6.10. The summed E-state index contributed by atoms with van der Waals surface area (Å²) in [5.74, 6) is 2.04. The van der Waals surface area contributed by atoms with Gasteiger partial charge in [0.05, 0.1) is 5.75 Å². The molecule has 19 heavy (non-hydrogen) atoms. The summed E-state index contributed by atoms with van der Waals surface area (Å²) in [5.41, 5.74) is 7.92. The summed E-state index contributed by atoms with van der Waals surface area (Å²) in [6.45, 7) is 4.03. The maximum absolute atomic E-state index is 5.96. The highest BCUT2D eigenvalue weighted by molar-refractivity contribution is 7.98. The summed E-state index contributed by atoms with van der Waals surface area (Å²) in [5, 5.41) is 0.739. The van der Waals surface area contributed by atoms with Gasteiger partial charge in [0.25, 0.3) is 0 Å². The van der Waals surface area contributed by atoms with Crippen LogP contribution in [0.15, 0.2) is 29.2 Å². The number of aryl methyl sites for hydroxylation is 1. The van der Waals surface area contributed by atoms with Gasteiger partial charge in [-0.05, 0) is 31.5 Å². The summed E-state index contributed by atoms with van der Waals surface area (Å²) in [7, 11) is 0. The molecule has 0 aliphatic carbocycles. The highest BCUT2D eigenvalue weighted by Gasteiger charge is 2.07. The second-order valence-corrected chi connectivity index (χ2v) is 5.68. The number of aromatic nitrogens is 2. The summed E-state index contributed by atoms with van der Waals surface area (Å²) < 4.78 is 0. The molecule has 5 heteroatoms. The third-order valence-electron chi connectivity index (χ3n) is 2.83. The molecular weight excluding hydrogens is 278 g/mol. The zero-order chi connectivity index (χ0) is 13.8. The minimum Gasteiger partial charge on any atom is -0.383 e. The van der Waals surface area contributed by atoms with Crippen LogP contribution < -0.4 is 5.73 Å². The van der Waals surface area contributed by atoms with Crippen molar-refractivity contribution in [1.29, 1.82) is 0 Å². The number of thioether (sulfide) groups is 1. The highest BCUT2D eigenvalue weighted by Crippen LogP contribution is 2.25. The molecule has 0 aliphatic heterocycles. The molecule has 1 aromatic carbocycles. The molecule has 1 aromatic heterocycles. The lowest BCUT2D eigenvalue weighted by Gasteiger charge is -2.08. The molecule has 0 spiro atoms. The zero-order valence-corrected chi connectivity index (χ0v) is 12.6. The Morgan fingerprint density at radius 2 is 2.11 bits per heavy atom. The lowest BCUT2D eigenvalue weighted by atomic mass is 10.2. The van der Waals surface area contributed by atoms with Crippen LogP contribution in [0.3, 0.4) is 0 Å². The Labute approximate surface area is 122 Å². The van der Waals surface area contributed by atoms with E-state index >= 15 is 0 Å². The lowest BCUT2D eigenvalue weighted by molar-refractivity contribution is 0.924. The maximum Gasteiger partial charge on any atom is 0.141 e. The molecule has 3 nitrogen and oxygen atoms in total. The Bertz CT molecular complexity index is 587. The number of nitrogens with zero attached hydrogens (tertiary/aromatic N) is 2. The fourth-order valence-electron chi connectivity index (χ4n) is 1.75. The molecule has 0 aliphatic rings. The maximum atomic E-state index is 5.96. The second-order valence-electron chi connectivity index (χ2n) is 4.20. The molecule has 2 N–H and O–H groups in total. The van der Waals surface area contributed by atoms with Crippen molar-refractivity contribution >= 4 is 29.2 Å². The minimum atomic E-state index is 0.577. The first-order chi connectivity index (χ1) is 9.10. The quantitative estimate of drug-likeness (QED) is 0.869. The fraction of sp³-hybridized carbons (Fsp3) is 0.286. The summed E-state index contributed by atoms with van der Waals surface area (Å²) in [4.78, 5) is 9.98. The van der Waals surface area contributed by atoms with Gasteiger partial charge in [0.1, 0.15) is 11.6 Å². The van der Waals surface area contributed by atoms with Gasteiger partial charge in [-0.3, -0.25) is 0 Å². The third-order valence-corrected chi connectivity index (χ3v) is 4.05. The van der Waals surface area contributed by atoms with Gasteiger partial charge in [-0.1, -0.05) is 24.6 Å². The van der Waals surface area contributed by atoms with Crippen molar-refractivity contribution in [2.45, 2.75) is 30.9 Å². The van der Waals surface area contributed by atoms with Gasteiger partial charge < -0.3 is 5.73 Å². The number of hydrogen-bond acceptors (Lipinski definition) is 4. The Morgan fingerprint density at radius 1 is 1.32 bits per heavy atom. The van der Waals surface area contributed by atoms with Crippen molar-refractivity contribution in [3.05, 3.63) is 46.4 Å². The van der Waals surface area contributed by atoms with Crippen molar-refractivity contribution in [3.63, 3.8) is 0 Å². The number of anilines is 1. The molecule has 0 amide bonds. The predicted octanol–water partition coefficient (Wildman–Crippen LogP) is 3.88. The van der Waals surface area contributed by atoms with Gasteiger partial charge >= 0.3 is 0 Å². The Balaban J connectivity index is 2.13. The summed E-state index contributed by atoms with van der Waals surface area (Å²) in [6.07, 6.45) is 0.868. The SMILES string of the molecule is CCc1nc(CSc2cccc(Cl)c2)nc(N)c1C. The second kappa shape index (κ2) is 6.26. The first kappa shape index (κ1) is 14.2. The third kappa shape index (κ3) is 3.61. The molecule has 0 bridgehead atoms. The monoisotopic (exact) mass is 293 g/mol. The molecule has 0 radical (unpaired) electrons. The van der Waals surface area contributed by atoms with Crippen LogP contribution >= 0.6 is 23.4 Å². The molecule has 100 valence electrons. The van der Waals surface area contributed by atoms with Crippen molar-refractivity contribution in [2.75, 3.05) is 5.73 Å². The number of rotatable bonds is 4. The number of hydrogen-bond donors (Lipinski definition) is 1. The normalized spacial score (nSPS) is 10.7. The Kier molecular flexibility index (Phi) is 4.66. The molecule has 0 saturated carbocycles. The van der Waals surface area contributed by atoms with Gasteiger partial charge in [0.2, 0.25) is 0 Å². The van der Waals surface area contributed by atoms with Crippen LogP contribution in [0, 0.1) is 6.92 Å². The molecule has 1 heterocycles. The highest BCUT2D eigenvalue weighted by atomic mass is 35.5. The average molecular weight is 294 g/mol. The Hall–Kier alpha value is -1.26. The zero-order valence-electron chi connectivity index (χ0n) is 11.0. The van der Waals surface area contributed by atoms with E-state index in [0.717, 1.165) is 33.4 Å². The van der Waals surface area contributed by atoms with E-state index in [0.29, 0.717) is 11.6 Å². The molecular formula is C14H16ClN3S. The first-order valence-corrected chi connectivity index (χ1v) is 7.46. The lowest BCUT2D eigenvalue weighted by Crippen LogP contribution is -2.05. The van der Waals surface area contributed by atoms with Gasteiger partial charge in [-0.2, -0.15) is 0 Å². The molecule has 0 fully saturated rings. The van der Waals surface area contributed by atoms with E-state index in [2.05, 4.69) is 16.9 Å². The van der Waals surface area contributed by atoms with E-state index in [1.807, 2.05) is 31.2 Å². The van der Waals surface area contributed by atoms with E-state index in [1.165, 1.54) is 0 Å². The van der Waals surface area contributed by atoms with Crippen LogP contribution in [0.4, 0.5) is 5.82 Å². The van der Waals surface area contributed by atoms with E-state index in [-0.39, 0.29) is 0 Å². The van der Waals surface area contributed by atoms with Crippen LogP contribution in [0.2, 0.25) is 5.02 Å². The van der Waals surface area contributed by atoms with Crippen molar-refractivity contribution in [2.24, 2.45) is 0 Å². The van der Waals surface area contributed by atoms with Crippen LogP contribution in [-0.2, 0) is 12.2 Å². The van der Waals surface area contributed by atoms with Gasteiger partial charge in [0.15, 0.2) is 0 Å². The Morgan fingerprint density at radius 3 is 2.79 bits per heavy atom. The largest absolute Gasteiger partial charge is 0.383 e. The number of nitrogen functional groups attached to an aromatic ring is 1.